The normalized spacial score (nSPS) is 32.1. The molecule has 3 aromatic rings. The number of esters is 2. The van der Waals surface area contributed by atoms with Crippen molar-refractivity contribution in [2.24, 2.45) is 16.7 Å². The first kappa shape index (κ1) is 46.2. The van der Waals surface area contributed by atoms with Crippen molar-refractivity contribution in [2.45, 2.75) is 94.7 Å². The molecule has 2 saturated carbocycles. The number of aliphatic hydroxyl groups is 4. The number of hydrogen-bond donors (Lipinski definition) is 5. The molecule has 0 spiro atoms. The van der Waals surface area contributed by atoms with Gasteiger partial charge in [-0.15, -0.1) is 0 Å². The van der Waals surface area contributed by atoms with Gasteiger partial charge in [0.25, 0.3) is 5.91 Å². The van der Waals surface area contributed by atoms with E-state index in [0.717, 1.165) is 0 Å². The van der Waals surface area contributed by atoms with Crippen LogP contribution in [0.25, 0.3) is 0 Å². The molecule has 2 radical (unpaired) electrons. The van der Waals surface area contributed by atoms with Gasteiger partial charge in [0.2, 0.25) is 0 Å². The summed E-state index contributed by atoms with van der Waals surface area (Å²) in [4.78, 5) is 55.9. The van der Waals surface area contributed by atoms with Crippen molar-refractivity contribution in [3.63, 3.8) is 0 Å². The molecule has 8 unspecified atom stereocenters. The van der Waals surface area contributed by atoms with Crippen molar-refractivity contribution in [3.8, 4) is 0 Å². The molecule has 10 atom stereocenters. The molecule has 1 amide bonds. The molecule has 14 heteroatoms. The van der Waals surface area contributed by atoms with Crippen molar-refractivity contribution in [1.82, 2.24) is 5.32 Å². The van der Waals surface area contributed by atoms with Gasteiger partial charge in [-0.05, 0) is 60.7 Å². The van der Waals surface area contributed by atoms with Crippen LogP contribution in [0.15, 0.2) is 102 Å². The molecule has 2 bridgehead atoms. The average molecular weight is 1210 g/mol. The third-order valence-electron chi connectivity index (χ3n) is 12.8. The van der Waals surface area contributed by atoms with Gasteiger partial charge in [0.1, 0.15) is 29.5 Å². The molecule has 1 aliphatic heterocycles. The summed E-state index contributed by atoms with van der Waals surface area (Å²) in [6, 6.07) is 23.5. The first-order valence-corrected chi connectivity index (χ1v) is 18.6. The smallest absolute Gasteiger partial charge is 0.338 e. The van der Waals surface area contributed by atoms with E-state index in [4.69, 9.17) is 14.2 Å². The van der Waals surface area contributed by atoms with Crippen LogP contribution >= 0.6 is 0 Å². The van der Waals surface area contributed by atoms with Crippen molar-refractivity contribution < 1.29 is 142 Å². The van der Waals surface area contributed by atoms with E-state index in [1.165, 1.54) is 0 Å². The molecule has 3 aromatic carbocycles. The van der Waals surface area contributed by atoms with Gasteiger partial charge in [0, 0.05) is 117 Å². The molecule has 57 heavy (non-hydrogen) atoms. The van der Waals surface area contributed by atoms with Crippen molar-refractivity contribution in [3.05, 3.63) is 119 Å². The van der Waals surface area contributed by atoms with Crippen molar-refractivity contribution in [2.75, 3.05) is 6.61 Å². The second-order valence-electron chi connectivity index (χ2n) is 16.1. The molecule has 3 fully saturated rings. The van der Waals surface area contributed by atoms with Gasteiger partial charge in [0.05, 0.1) is 24.3 Å². The van der Waals surface area contributed by atoms with Crippen LogP contribution in [0.5, 0.6) is 0 Å². The summed E-state index contributed by atoms with van der Waals surface area (Å²) in [6.07, 6.45) is -7.33. The maximum Gasteiger partial charge on any atom is 0.338 e. The largest absolute Gasteiger partial charge is 0.456 e. The fraction of sp³-hybridized carbons (Fsp3) is 0.442. The van der Waals surface area contributed by atoms with Gasteiger partial charge in [-0.1, -0.05) is 87.5 Å². The number of Topliss-reactive ketones (excluding diaryl/α,β-unsaturated/α-hetero) is 1. The van der Waals surface area contributed by atoms with E-state index < -0.39 is 94.6 Å². The fourth-order valence-corrected chi connectivity index (χ4v) is 9.56. The molecule has 7 rings (SSSR count). The molecule has 3 aliphatic carbocycles. The van der Waals surface area contributed by atoms with Gasteiger partial charge in [-0.2, -0.15) is 0 Å². The third kappa shape index (κ3) is 7.95. The van der Waals surface area contributed by atoms with Gasteiger partial charge in [-0.3, -0.25) is 9.59 Å². The Hall–Kier alpha value is -1.84. The predicted molar refractivity (Wildman–Crippen MR) is 197 cm³/mol. The molecular formula is C43H47Ac2NO11. The number of rotatable bonds is 8. The predicted octanol–water partition coefficient (Wildman–Crippen LogP) is 3.62. The van der Waals surface area contributed by atoms with E-state index in [1.54, 1.807) is 119 Å². The van der Waals surface area contributed by atoms with Crippen molar-refractivity contribution in [1.29, 1.82) is 0 Å². The number of amides is 1. The molecule has 296 valence electrons. The summed E-state index contributed by atoms with van der Waals surface area (Å²) < 4.78 is 18.0. The molecule has 12 nitrogen and oxygen atoms in total. The minimum Gasteiger partial charge on any atom is -0.456 e. The maximum atomic E-state index is 14.7. The Morgan fingerprint density at radius 3 is 1.98 bits per heavy atom. The Balaban J connectivity index is 0.00000310. The van der Waals surface area contributed by atoms with Gasteiger partial charge in [0.15, 0.2) is 11.9 Å². The van der Waals surface area contributed by atoms with Crippen LogP contribution in [0.1, 0.15) is 79.3 Å². The third-order valence-corrected chi connectivity index (χ3v) is 12.8. The Bertz CT molecular complexity index is 2010. The zero-order chi connectivity index (χ0) is 39.5. The van der Waals surface area contributed by atoms with E-state index in [9.17, 15) is 39.6 Å². The molecule has 4 aliphatic rings. The summed E-state index contributed by atoms with van der Waals surface area (Å²) in [5.74, 6) is -4.40. The van der Waals surface area contributed by atoms with Crippen LogP contribution in [-0.2, 0) is 23.8 Å². The standard InChI is InChI=1S/C43H47NO11.2Ac/c1-24-28(54-39(50)33(46)31(25-14-8-5-9-15-25)44-37(48)26-16-10-6-11-17-26)22-43(52)36(55-38(49)27-18-12-7-13-19-27)34-41(4,21-20-29-42(34,51)23-53-29)35(47)32(45)30(24)40(43,2)3;;/h5-19,28-29,31-34,36,45-46,51-52H,20-23H2,1-4H3,(H,44,48);;/t28?,29?,31?,32?,33?,34?,36-,41+,42?,43?;;/m0../s1. The number of ketones is 1. The first-order valence-electron chi connectivity index (χ1n) is 18.6. The summed E-state index contributed by atoms with van der Waals surface area (Å²) in [7, 11) is 0. The van der Waals surface area contributed by atoms with Gasteiger partial charge < -0.3 is 40.0 Å². The number of hydrogen-bond acceptors (Lipinski definition) is 11. The fourth-order valence-electron chi connectivity index (χ4n) is 9.56. The minimum atomic E-state index is -2.18. The monoisotopic (exact) mass is 1210 g/mol. The van der Waals surface area contributed by atoms with Crippen LogP contribution in [0.3, 0.4) is 0 Å². The number of ether oxygens (including phenoxy) is 3. The molecule has 1 saturated heterocycles. The Kier molecular flexibility index (Phi) is 14.3. The number of carbonyl (C=O) groups excluding carboxylic acids is 4. The number of aliphatic hydroxyl groups excluding tert-OH is 2. The number of benzene rings is 3. The maximum absolute atomic E-state index is 14.7. The molecule has 1 heterocycles. The number of nitrogens with one attached hydrogen (secondary N) is 1. The van der Waals surface area contributed by atoms with E-state index in [0.29, 0.717) is 17.5 Å². The van der Waals surface area contributed by atoms with E-state index >= 15 is 0 Å². The van der Waals surface area contributed by atoms with Gasteiger partial charge >= 0.3 is 11.9 Å². The Morgan fingerprint density at radius 1 is 0.860 bits per heavy atom. The zero-order valence-corrected chi connectivity index (χ0v) is 41.8. The Labute approximate surface area is 403 Å². The number of carbonyl (C=O) groups is 4. The summed E-state index contributed by atoms with van der Waals surface area (Å²) >= 11 is 0. The van der Waals surface area contributed by atoms with E-state index in [1.807, 2.05) is 0 Å². The van der Waals surface area contributed by atoms with E-state index in [2.05, 4.69) is 5.32 Å². The second kappa shape index (κ2) is 17.6. The quantitative estimate of drug-likeness (QED) is 0.164. The second-order valence-corrected chi connectivity index (χ2v) is 16.1. The SMILES string of the molecule is CC1=C2C(O)C(=O)[C@]3(C)CCC4OCC4(O)C3[C@H](OC(=O)c3ccccc3)C(O)(CC1OC(=O)C(O)C(NC(=O)c1ccccc1)c1ccccc1)C2(C)C.[Ac].[Ac]. The summed E-state index contributed by atoms with van der Waals surface area (Å²) in [5, 5.41) is 51.9. The summed E-state index contributed by atoms with van der Waals surface area (Å²) in [5.41, 5.74) is -5.64. The van der Waals surface area contributed by atoms with Crippen LogP contribution in [0, 0.1) is 105 Å². The van der Waals surface area contributed by atoms with Crippen LogP contribution in [0.4, 0.5) is 0 Å². The van der Waals surface area contributed by atoms with Crippen LogP contribution < -0.4 is 5.32 Å². The number of fused-ring (bicyclic) bond motifs is 5. The summed E-state index contributed by atoms with van der Waals surface area (Å²) in [6.45, 7) is 6.24. The first-order chi connectivity index (χ1) is 26.0. The van der Waals surface area contributed by atoms with Crippen LogP contribution in [-0.4, -0.2) is 92.4 Å². The van der Waals surface area contributed by atoms with Crippen molar-refractivity contribution >= 4 is 23.6 Å². The average Bonchev–Trinajstić information content (AvgIpc) is 3.17. The minimum absolute atomic E-state index is 0. The Morgan fingerprint density at radius 2 is 1.42 bits per heavy atom. The molecule has 5 N–H and O–H groups in total. The topological polar surface area (TPSA) is 189 Å². The van der Waals surface area contributed by atoms with Gasteiger partial charge in [-0.25, -0.2) is 9.59 Å². The molecule has 0 aromatic heterocycles. The van der Waals surface area contributed by atoms with E-state index in [-0.39, 0.29) is 118 Å². The van der Waals surface area contributed by atoms with Crippen LogP contribution in [0.2, 0.25) is 0 Å². The zero-order valence-electron chi connectivity index (χ0n) is 32.3. The molecular weight excluding hydrogens is 1160 g/mol.